The topological polar surface area (TPSA) is 138 Å². The first-order chi connectivity index (χ1) is 18.9. The van der Waals surface area contributed by atoms with Gasteiger partial charge in [0, 0.05) is 30.4 Å². The number of imide groups is 1. The highest BCUT2D eigenvalue weighted by molar-refractivity contribution is 7.92. The van der Waals surface area contributed by atoms with Crippen molar-refractivity contribution in [1.82, 2.24) is 14.9 Å². The molecule has 3 aromatic rings. The predicted octanol–water partition coefficient (Wildman–Crippen LogP) is 3.64. The smallest absolute Gasteiger partial charge is 0.264 e. The number of amides is 3. The first kappa shape index (κ1) is 27.4. The largest absolute Gasteiger partial charge is 0.324 e. The van der Waals surface area contributed by atoms with E-state index in [0.29, 0.717) is 18.5 Å². The van der Waals surface area contributed by atoms with Crippen LogP contribution in [-0.2, 0) is 30.8 Å². The zero-order chi connectivity index (χ0) is 28.7. The number of carbonyl (C=O) groups is 3. The van der Waals surface area contributed by atoms with Crippen LogP contribution in [0.5, 0.6) is 0 Å². The number of rotatable bonds is 8. The molecule has 1 aliphatic heterocycles. The Morgan fingerprint density at radius 3 is 2.30 bits per heavy atom. The van der Waals surface area contributed by atoms with Crippen LogP contribution in [-0.4, -0.2) is 47.0 Å². The highest BCUT2D eigenvalue weighted by Gasteiger charge is 2.65. The van der Waals surface area contributed by atoms with Crippen LogP contribution in [0.2, 0.25) is 0 Å². The molecule has 2 N–H and O–H groups in total. The maximum Gasteiger partial charge on any atom is 0.264 e. The number of nitrogens with one attached hydrogen (secondary N) is 2. The molecule has 2 bridgehead atoms. The summed E-state index contributed by atoms with van der Waals surface area (Å²) in [4.78, 5) is 50.1. The van der Waals surface area contributed by atoms with Crippen LogP contribution < -0.4 is 10.0 Å². The molecule has 2 fully saturated rings. The molecule has 2 heterocycles. The lowest BCUT2D eigenvalue weighted by atomic mass is 9.62. The molecular formula is C29H31N5O5S. The first-order valence-electron chi connectivity index (χ1n) is 13.1. The maximum absolute atomic E-state index is 13.9. The Hall–Kier alpha value is -4.12. The van der Waals surface area contributed by atoms with Gasteiger partial charge in [0.2, 0.25) is 23.7 Å². The number of piperidine rings is 1. The number of nitrogens with zero attached hydrogens (tertiary/aromatic N) is 3. The van der Waals surface area contributed by atoms with Gasteiger partial charge in [-0.25, -0.2) is 23.1 Å². The minimum atomic E-state index is -3.96. The lowest BCUT2D eigenvalue weighted by molar-refractivity contribution is -0.172. The van der Waals surface area contributed by atoms with Crippen LogP contribution in [0.3, 0.4) is 0 Å². The summed E-state index contributed by atoms with van der Waals surface area (Å²) in [5.41, 5.74) is -0.136. The fraction of sp³-hybridized carbons (Fsp3) is 0.345. The van der Waals surface area contributed by atoms with Crippen LogP contribution in [0.4, 0.5) is 11.6 Å². The number of carbonyl (C=O) groups excluding carboxylic acids is 3. The van der Waals surface area contributed by atoms with E-state index in [9.17, 15) is 22.8 Å². The number of fused-ring (bicyclic) bond motifs is 2. The Balaban J connectivity index is 1.40. The Morgan fingerprint density at radius 1 is 1.00 bits per heavy atom. The van der Waals surface area contributed by atoms with E-state index >= 15 is 0 Å². The number of hydrogen-bond acceptors (Lipinski definition) is 7. The molecule has 10 nitrogen and oxygen atoms in total. The Kier molecular flexibility index (Phi) is 6.95. The molecule has 1 saturated carbocycles. The van der Waals surface area contributed by atoms with E-state index in [1.807, 2.05) is 51.1 Å². The Bertz CT molecular complexity index is 1540. The summed E-state index contributed by atoms with van der Waals surface area (Å²) in [5.74, 6) is -1.60. The van der Waals surface area contributed by atoms with E-state index in [2.05, 4.69) is 20.0 Å². The molecule has 3 atom stereocenters. The fourth-order valence-electron chi connectivity index (χ4n) is 5.76. The number of likely N-dealkylation sites (tertiary alicyclic amines) is 1. The molecule has 0 radical (unpaired) electrons. The molecule has 2 aromatic carbocycles. The molecule has 1 aliphatic carbocycles. The van der Waals surface area contributed by atoms with Crippen molar-refractivity contribution in [1.29, 1.82) is 0 Å². The second-order valence-electron chi connectivity index (χ2n) is 11.1. The van der Waals surface area contributed by atoms with Gasteiger partial charge in [0.15, 0.2) is 0 Å². The number of anilines is 2. The molecule has 3 amide bonds. The van der Waals surface area contributed by atoms with E-state index in [1.54, 1.807) is 6.07 Å². The summed E-state index contributed by atoms with van der Waals surface area (Å²) in [5, 5.41) is 2.79. The van der Waals surface area contributed by atoms with E-state index in [4.69, 9.17) is 0 Å². The van der Waals surface area contributed by atoms with Crippen molar-refractivity contribution in [2.75, 3.05) is 10.0 Å². The number of benzene rings is 2. The van der Waals surface area contributed by atoms with Crippen molar-refractivity contribution >= 4 is 39.4 Å². The van der Waals surface area contributed by atoms with Crippen molar-refractivity contribution in [2.45, 2.75) is 51.0 Å². The monoisotopic (exact) mass is 561 g/mol. The summed E-state index contributed by atoms with van der Waals surface area (Å²) in [6, 6.07) is 15.3. The van der Waals surface area contributed by atoms with Crippen molar-refractivity contribution < 1.29 is 22.8 Å². The van der Waals surface area contributed by atoms with E-state index < -0.39 is 32.8 Å². The van der Waals surface area contributed by atoms with Crippen LogP contribution in [0, 0.1) is 16.7 Å². The second kappa shape index (κ2) is 10.1. The van der Waals surface area contributed by atoms with Crippen LogP contribution in [0.1, 0.15) is 39.2 Å². The van der Waals surface area contributed by atoms with E-state index in [0.717, 1.165) is 5.56 Å². The van der Waals surface area contributed by atoms with E-state index in [-0.39, 0.29) is 35.0 Å². The number of hydrogen-bond donors (Lipinski definition) is 2. The van der Waals surface area contributed by atoms with Crippen molar-refractivity contribution in [3.63, 3.8) is 0 Å². The summed E-state index contributed by atoms with van der Waals surface area (Å²) < 4.78 is 27.7. The van der Waals surface area contributed by atoms with Crippen LogP contribution in [0.15, 0.2) is 78.0 Å². The van der Waals surface area contributed by atoms with Crippen LogP contribution >= 0.6 is 0 Å². The van der Waals surface area contributed by atoms with Crippen LogP contribution in [0.25, 0.3) is 0 Å². The summed E-state index contributed by atoms with van der Waals surface area (Å²) >= 11 is 0. The van der Waals surface area contributed by atoms with Crippen molar-refractivity contribution in [3.05, 3.63) is 78.6 Å². The molecule has 2 aliphatic rings. The van der Waals surface area contributed by atoms with Crippen molar-refractivity contribution in [2.24, 2.45) is 16.7 Å². The third kappa shape index (κ3) is 4.74. The van der Waals surface area contributed by atoms with Crippen molar-refractivity contribution in [3.8, 4) is 0 Å². The molecule has 5 rings (SSSR count). The molecule has 0 spiro atoms. The van der Waals surface area contributed by atoms with Gasteiger partial charge < -0.3 is 5.32 Å². The average molecular weight is 562 g/mol. The summed E-state index contributed by atoms with van der Waals surface area (Å²) in [6.07, 6.45) is 4.17. The molecule has 208 valence electrons. The zero-order valence-electron chi connectivity index (χ0n) is 22.5. The third-order valence-corrected chi connectivity index (χ3v) is 9.91. The van der Waals surface area contributed by atoms with Gasteiger partial charge in [-0.3, -0.25) is 19.3 Å². The van der Waals surface area contributed by atoms with Gasteiger partial charge in [0.05, 0.1) is 10.3 Å². The molecule has 3 unspecified atom stereocenters. The standard InChI is InChI=1S/C29H31N5O5S/c1-28(2)22-14-15-29(28,3)26(37)34(25(22)36)23(18-19-8-5-4-6-9-19)24(35)32-20-10-12-21(13-11-20)40(38,39)33-27-30-16-7-17-31-27/h4-13,16-17,22-23H,14-15,18H2,1-3H3,(H,32,35)(H,30,31,33). The lowest BCUT2D eigenvalue weighted by Crippen LogP contribution is -2.64. The molecule has 11 heteroatoms. The van der Waals surface area contributed by atoms with E-state index in [1.165, 1.54) is 41.6 Å². The molecular weight excluding hydrogens is 530 g/mol. The number of sulfonamides is 1. The predicted molar refractivity (Wildman–Crippen MR) is 148 cm³/mol. The average Bonchev–Trinajstić information content (AvgIpc) is 3.11. The normalized spacial score (nSPS) is 22.6. The Morgan fingerprint density at radius 2 is 1.65 bits per heavy atom. The summed E-state index contributed by atoms with van der Waals surface area (Å²) in [7, 11) is -3.96. The van der Waals surface area contributed by atoms with Gasteiger partial charge in [-0.2, -0.15) is 0 Å². The fourth-order valence-corrected chi connectivity index (χ4v) is 6.71. The number of aromatic nitrogens is 2. The highest BCUT2D eigenvalue weighted by atomic mass is 32.2. The maximum atomic E-state index is 13.9. The summed E-state index contributed by atoms with van der Waals surface area (Å²) in [6.45, 7) is 5.80. The van der Waals surface area contributed by atoms with Gasteiger partial charge in [-0.1, -0.05) is 51.1 Å². The van der Waals surface area contributed by atoms with Gasteiger partial charge in [-0.15, -0.1) is 0 Å². The molecule has 40 heavy (non-hydrogen) atoms. The quantitative estimate of drug-likeness (QED) is 0.401. The minimum absolute atomic E-state index is 0.0492. The van der Waals surface area contributed by atoms with Gasteiger partial charge >= 0.3 is 0 Å². The SMILES string of the molecule is CC12CCC(C(=O)N(C(Cc3ccccc3)C(=O)Nc3ccc(S(=O)(=O)Nc4ncccn4)cc3)C1=O)C2(C)C. The second-order valence-corrected chi connectivity index (χ2v) is 12.7. The third-order valence-electron chi connectivity index (χ3n) is 8.56. The zero-order valence-corrected chi connectivity index (χ0v) is 23.3. The molecule has 1 saturated heterocycles. The highest BCUT2D eigenvalue weighted by Crippen LogP contribution is 2.60. The van der Waals surface area contributed by atoms with Gasteiger partial charge in [-0.05, 0) is 54.2 Å². The lowest BCUT2D eigenvalue weighted by Gasteiger charge is -2.49. The van der Waals surface area contributed by atoms with Gasteiger partial charge in [0.1, 0.15) is 6.04 Å². The molecule has 1 aromatic heterocycles. The van der Waals surface area contributed by atoms with Gasteiger partial charge in [0.25, 0.3) is 10.0 Å². The first-order valence-corrected chi connectivity index (χ1v) is 14.5. The Labute approximate surface area is 233 Å². The minimum Gasteiger partial charge on any atom is -0.324 e.